The number of piperidine rings is 1. The van der Waals surface area contributed by atoms with Gasteiger partial charge in [0.05, 0.1) is 16.6 Å². The summed E-state index contributed by atoms with van der Waals surface area (Å²) in [6.45, 7) is 5.97. The van der Waals surface area contributed by atoms with Crippen LogP contribution in [-0.2, 0) is 13.0 Å². The van der Waals surface area contributed by atoms with E-state index >= 15 is 0 Å². The Balaban J connectivity index is 1.09. The molecule has 1 unspecified atom stereocenters. The lowest BCUT2D eigenvalue weighted by atomic mass is 9.77. The summed E-state index contributed by atoms with van der Waals surface area (Å²) in [6.07, 6.45) is 4.72. The van der Waals surface area contributed by atoms with Crippen LogP contribution >= 0.6 is 23.2 Å². The number of nitrogens with zero attached hydrogens (tertiary/aromatic N) is 2. The van der Waals surface area contributed by atoms with Gasteiger partial charge in [-0.2, -0.15) is 0 Å². The van der Waals surface area contributed by atoms with E-state index in [0.29, 0.717) is 27.7 Å². The maximum absolute atomic E-state index is 13.6. The van der Waals surface area contributed by atoms with Crippen LogP contribution in [0, 0.1) is 18.2 Å². The predicted octanol–water partition coefficient (Wildman–Crippen LogP) is 6.99. The van der Waals surface area contributed by atoms with E-state index in [0.717, 1.165) is 75.0 Å². The Labute approximate surface area is 250 Å². The Morgan fingerprint density at radius 1 is 1.00 bits per heavy atom. The molecule has 2 heterocycles. The fourth-order valence-corrected chi connectivity index (χ4v) is 7.35. The second-order valence-electron chi connectivity index (χ2n) is 11.9. The molecular formula is C33H34Cl2FN3O2. The third-order valence-electron chi connectivity index (χ3n) is 9.28. The molecule has 2 saturated heterocycles. The molecule has 2 amide bonds. The van der Waals surface area contributed by atoms with E-state index in [1.54, 1.807) is 12.1 Å². The standard InChI is InChI=1S/C33H34Cl2FN3O2/c1-21-3-2-4-27(34)30(21)31(40)37-29-10-8-22-5-6-23(17-26(22)29)32(41)39-16-13-33(20-39)11-14-38(15-12-33)19-24-7-9-25(36)18-28(24)35/h2-7,9,17-18,29H,8,10-16,19-20H2,1H3,(H,37,40). The van der Waals surface area contributed by atoms with Gasteiger partial charge in [-0.1, -0.05) is 47.5 Å². The second kappa shape index (κ2) is 11.4. The Bertz CT molecular complexity index is 1480. The van der Waals surface area contributed by atoms with E-state index < -0.39 is 0 Å². The van der Waals surface area contributed by atoms with Crippen molar-refractivity contribution in [3.8, 4) is 0 Å². The lowest BCUT2D eigenvalue weighted by Crippen LogP contribution is -2.42. The van der Waals surface area contributed by atoms with Crippen molar-refractivity contribution in [1.82, 2.24) is 15.1 Å². The van der Waals surface area contributed by atoms with Gasteiger partial charge in [0, 0.05) is 30.2 Å². The average molecular weight is 595 g/mol. The molecular weight excluding hydrogens is 560 g/mol. The normalized spacial score (nSPS) is 19.9. The number of hydrogen-bond acceptors (Lipinski definition) is 3. The van der Waals surface area contributed by atoms with Crippen LogP contribution in [-0.4, -0.2) is 47.8 Å². The van der Waals surface area contributed by atoms with Gasteiger partial charge in [0.25, 0.3) is 11.8 Å². The summed E-state index contributed by atoms with van der Waals surface area (Å²) in [6, 6.07) is 15.9. The lowest BCUT2D eigenvalue weighted by Gasteiger charge is -2.39. The summed E-state index contributed by atoms with van der Waals surface area (Å²) in [4.78, 5) is 31.1. The number of rotatable bonds is 5. The molecule has 0 saturated carbocycles. The fraction of sp³-hybridized carbons (Fsp3) is 0.394. The second-order valence-corrected chi connectivity index (χ2v) is 12.7. The van der Waals surface area contributed by atoms with Gasteiger partial charge in [-0.05, 0) is 110 Å². The number of benzene rings is 3. The quantitative estimate of drug-likeness (QED) is 0.347. The average Bonchev–Trinajstić information content (AvgIpc) is 3.55. The number of halogens is 3. The number of aryl methyl sites for hydroxylation is 2. The van der Waals surface area contributed by atoms with Crippen molar-refractivity contribution in [3.63, 3.8) is 0 Å². The number of hydrogen-bond donors (Lipinski definition) is 1. The molecule has 3 aromatic rings. The van der Waals surface area contributed by atoms with Crippen LogP contribution in [0.2, 0.25) is 10.0 Å². The highest BCUT2D eigenvalue weighted by atomic mass is 35.5. The van der Waals surface area contributed by atoms with E-state index in [-0.39, 0.29) is 29.1 Å². The van der Waals surface area contributed by atoms with Crippen molar-refractivity contribution >= 4 is 35.0 Å². The van der Waals surface area contributed by atoms with Gasteiger partial charge >= 0.3 is 0 Å². The van der Waals surface area contributed by atoms with E-state index in [2.05, 4.69) is 10.2 Å². The van der Waals surface area contributed by atoms with E-state index in [9.17, 15) is 14.0 Å². The summed E-state index contributed by atoms with van der Waals surface area (Å²) >= 11 is 12.6. The van der Waals surface area contributed by atoms with Crippen molar-refractivity contribution in [1.29, 1.82) is 0 Å². The summed E-state index contributed by atoms with van der Waals surface area (Å²) in [7, 11) is 0. The molecule has 3 aromatic carbocycles. The summed E-state index contributed by atoms with van der Waals surface area (Å²) in [5.74, 6) is -0.441. The first-order chi connectivity index (χ1) is 19.7. The highest BCUT2D eigenvalue weighted by Crippen LogP contribution is 2.42. The molecule has 3 aliphatic rings. The molecule has 8 heteroatoms. The number of carbonyl (C=O) groups excluding carboxylic acids is 2. The molecule has 0 bridgehead atoms. The van der Waals surface area contributed by atoms with Crippen LogP contribution in [0.3, 0.4) is 0 Å². The monoisotopic (exact) mass is 593 g/mol. The SMILES string of the molecule is Cc1cccc(Cl)c1C(=O)NC1CCc2ccc(C(=O)N3CCC4(CCN(Cc5ccc(F)cc5Cl)CC4)C3)cc21. The molecule has 2 aliphatic heterocycles. The minimum Gasteiger partial charge on any atom is -0.345 e. The van der Waals surface area contributed by atoms with Gasteiger partial charge in [-0.15, -0.1) is 0 Å². The molecule has 2 fully saturated rings. The Kier molecular flexibility index (Phi) is 7.84. The van der Waals surface area contributed by atoms with Gasteiger partial charge < -0.3 is 10.2 Å². The Morgan fingerprint density at radius 2 is 1.78 bits per heavy atom. The maximum atomic E-state index is 13.6. The van der Waals surface area contributed by atoms with Gasteiger partial charge in [0.15, 0.2) is 0 Å². The predicted molar refractivity (Wildman–Crippen MR) is 160 cm³/mol. The van der Waals surface area contributed by atoms with Crippen molar-refractivity contribution in [2.24, 2.45) is 5.41 Å². The summed E-state index contributed by atoms with van der Waals surface area (Å²) in [5.41, 5.74) is 5.30. The summed E-state index contributed by atoms with van der Waals surface area (Å²) < 4.78 is 13.4. The lowest BCUT2D eigenvalue weighted by molar-refractivity contribution is 0.0713. The van der Waals surface area contributed by atoms with E-state index in [4.69, 9.17) is 23.2 Å². The molecule has 1 atom stereocenters. The van der Waals surface area contributed by atoms with Crippen molar-refractivity contribution < 1.29 is 14.0 Å². The van der Waals surface area contributed by atoms with Crippen LogP contribution in [0.4, 0.5) is 4.39 Å². The topological polar surface area (TPSA) is 52.7 Å². The highest BCUT2D eigenvalue weighted by molar-refractivity contribution is 6.34. The Hall–Kier alpha value is -2.93. The van der Waals surface area contributed by atoms with Crippen molar-refractivity contribution in [3.05, 3.63) is 104 Å². The number of fused-ring (bicyclic) bond motifs is 1. The smallest absolute Gasteiger partial charge is 0.253 e. The molecule has 214 valence electrons. The molecule has 0 radical (unpaired) electrons. The van der Waals surface area contributed by atoms with Gasteiger partial charge in [0.2, 0.25) is 0 Å². The minimum absolute atomic E-state index is 0.0594. The van der Waals surface area contributed by atoms with Crippen LogP contribution in [0.15, 0.2) is 54.6 Å². The minimum atomic E-state index is -0.317. The molecule has 6 rings (SSSR count). The third-order valence-corrected chi connectivity index (χ3v) is 9.94. The Morgan fingerprint density at radius 3 is 2.54 bits per heavy atom. The van der Waals surface area contributed by atoms with Gasteiger partial charge in [0.1, 0.15) is 5.82 Å². The van der Waals surface area contributed by atoms with Gasteiger partial charge in [-0.3, -0.25) is 14.5 Å². The number of carbonyl (C=O) groups is 2. The first-order valence-electron chi connectivity index (χ1n) is 14.4. The zero-order valence-corrected chi connectivity index (χ0v) is 24.7. The number of nitrogens with one attached hydrogen (secondary N) is 1. The fourth-order valence-electron chi connectivity index (χ4n) is 6.81. The van der Waals surface area contributed by atoms with E-state index in [1.165, 1.54) is 17.7 Å². The van der Waals surface area contributed by atoms with Gasteiger partial charge in [-0.25, -0.2) is 4.39 Å². The van der Waals surface area contributed by atoms with Crippen LogP contribution in [0.1, 0.15) is 74.7 Å². The third kappa shape index (κ3) is 5.75. The largest absolute Gasteiger partial charge is 0.345 e. The van der Waals surface area contributed by atoms with Crippen molar-refractivity contribution in [2.45, 2.75) is 51.6 Å². The molecule has 5 nitrogen and oxygen atoms in total. The van der Waals surface area contributed by atoms with Crippen molar-refractivity contribution in [2.75, 3.05) is 26.2 Å². The summed E-state index contributed by atoms with van der Waals surface area (Å²) in [5, 5.41) is 4.08. The number of amides is 2. The molecule has 41 heavy (non-hydrogen) atoms. The molecule has 1 aliphatic carbocycles. The number of likely N-dealkylation sites (tertiary alicyclic amines) is 2. The maximum Gasteiger partial charge on any atom is 0.253 e. The van der Waals surface area contributed by atoms with Crippen LogP contribution in [0.5, 0.6) is 0 Å². The zero-order chi connectivity index (χ0) is 28.7. The molecule has 1 N–H and O–H groups in total. The molecule has 0 aromatic heterocycles. The first-order valence-corrected chi connectivity index (χ1v) is 15.1. The zero-order valence-electron chi connectivity index (χ0n) is 23.2. The highest BCUT2D eigenvalue weighted by Gasteiger charge is 2.42. The van der Waals surface area contributed by atoms with E-state index in [1.807, 2.05) is 42.2 Å². The van der Waals surface area contributed by atoms with Crippen LogP contribution < -0.4 is 5.32 Å². The van der Waals surface area contributed by atoms with Crippen LogP contribution in [0.25, 0.3) is 0 Å². The first kappa shape index (κ1) is 28.2. The molecule has 1 spiro atoms.